The molecular formula is C18H18N6O6S. The van der Waals surface area contributed by atoms with Crippen LogP contribution in [0.4, 0.5) is 22.7 Å². The summed E-state index contributed by atoms with van der Waals surface area (Å²) in [6, 6.07) is 9.75. The molecule has 162 valence electrons. The van der Waals surface area contributed by atoms with Crippen LogP contribution in [-0.4, -0.2) is 47.2 Å². The van der Waals surface area contributed by atoms with Crippen LogP contribution in [0, 0.1) is 20.2 Å². The molecule has 3 N–H and O–H groups in total. The van der Waals surface area contributed by atoms with Gasteiger partial charge in [-0.2, -0.15) is 0 Å². The van der Waals surface area contributed by atoms with E-state index in [1.165, 1.54) is 42.5 Å². The Balaban J connectivity index is 1.62. The average molecular weight is 446 g/mol. The maximum Gasteiger partial charge on any atom is 0.293 e. The van der Waals surface area contributed by atoms with E-state index in [0.717, 1.165) is 0 Å². The van der Waals surface area contributed by atoms with Crippen LogP contribution in [0.15, 0.2) is 42.5 Å². The van der Waals surface area contributed by atoms with Gasteiger partial charge >= 0.3 is 0 Å². The molecule has 0 spiro atoms. The van der Waals surface area contributed by atoms with E-state index in [9.17, 15) is 25.0 Å². The normalized spacial score (nSPS) is 13.2. The molecule has 1 aliphatic rings. The summed E-state index contributed by atoms with van der Waals surface area (Å²) in [7, 11) is 0. The summed E-state index contributed by atoms with van der Waals surface area (Å²) in [5.74, 6) is -0.625. The van der Waals surface area contributed by atoms with E-state index in [1.807, 2.05) is 4.90 Å². The molecule has 0 bridgehead atoms. The Morgan fingerprint density at radius 3 is 2.32 bits per heavy atom. The smallest absolute Gasteiger partial charge is 0.293 e. The maximum absolute atomic E-state index is 12.5. The number of thiocarbonyl (C=S) groups is 1. The third-order valence-corrected chi connectivity index (χ3v) is 4.62. The minimum Gasteiger partial charge on any atom is -0.378 e. The summed E-state index contributed by atoms with van der Waals surface area (Å²) in [4.78, 5) is 35.4. The molecule has 2 aromatic carbocycles. The van der Waals surface area contributed by atoms with E-state index in [1.54, 1.807) is 0 Å². The van der Waals surface area contributed by atoms with Crippen molar-refractivity contribution in [2.45, 2.75) is 0 Å². The fourth-order valence-electron chi connectivity index (χ4n) is 2.88. The number of nitrogens with zero attached hydrogens (tertiary/aromatic N) is 3. The topological polar surface area (TPSA) is 152 Å². The van der Waals surface area contributed by atoms with Crippen molar-refractivity contribution < 1.29 is 19.4 Å². The van der Waals surface area contributed by atoms with Gasteiger partial charge in [-0.1, -0.05) is 0 Å². The summed E-state index contributed by atoms with van der Waals surface area (Å²) < 4.78 is 5.27. The Morgan fingerprint density at radius 2 is 1.71 bits per heavy atom. The number of nitrogens with one attached hydrogen (secondary N) is 3. The second kappa shape index (κ2) is 9.77. The van der Waals surface area contributed by atoms with Crippen molar-refractivity contribution in [1.29, 1.82) is 0 Å². The van der Waals surface area contributed by atoms with Crippen LogP contribution in [0.2, 0.25) is 0 Å². The van der Waals surface area contributed by atoms with Crippen LogP contribution >= 0.6 is 12.2 Å². The van der Waals surface area contributed by atoms with Crippen LogP contribution in [0.1, 0.15) is 10.4 Å². The monoisotopic (exact) mass is 446 g/mol. The number of anilines is 2. The van der Waals surface area contributed by atoms with Gasteiger partial charge in [-0.3, -0.25) is 41.2 Å². The first-order valence-corrected chi connectivity index (χ1v) is 9.49. The summed E-state index contributed by atoms with van der Waals surface area (Å²) >= 11 is 5.04. The molecule has 13 heteroatoms. The molecule has 0 aromatic heterocycles. The summed E-state index contributed by atoms with van der Waals surface area (Å²) in [6.45, 7) is 1.99. The van der Waals surface area contributed by atoms with Crippen molar-refractivity contribution in [1.82, 2.24) is 10.7 Å². The van der Waals surface area contributed by atoms with E-state index in [0.29, 0.717) is 37.7 Å². The first kappa shape index (κ1) is 21.9. The lowest BCUT2D eigenvalue weighted by atomic mass is 10.1. The van der Waals surface area contributed by atoms with Crippen molar-refractivity contribution in [2.75, 3.05) is 36.6 Å². The van der Waals surface area contributed by atoms with Crippen LogP contribution < -0.4 is 21.1 Å². The number of hydrogen-bond donors (Lipinski definition) is 3. The second-order valence-corrected chi connectivity index (χ2v) is 6.81. The highest BCUT2D eigenvalue weighted by Crippen LogP contribution is 2.29. The molecule has 12 nitrogen and oxygen atoms in total. The molecule has 2 aromatic rings. The first-order chi connectivity index (χ1) is 14.8. The van der Waals surface area contributed by atoms with Crippen LogP contribution in [0.3, 0.4) is 0 Å². The highest BCUT2D eigenvalue weighted by Gasteiger charge is 2.23. The molecule has 0 aliphatic carbocycles. The summed E-state index contributed by atoms with van der Waals surface area (Å²) in [5, 5.41) is 24.5. The number of nitro benzene ring substituents is 2. The van der Waals surface area contributed by atoms with Crippen LogP contribution in [0.5, 0.6) is 0 Å². The minimum atomic E-state index is -0.625. The zero-order valence-corrected chi connectivity index (χ0v) is 16.9. The number of benzene rings is 2. The lowest BCUT2D eigenvalue weighted by molar-refractivity contribution is -0.384. The van der Waals surface area contributed by atoms with Gasteiger partial charge in [0.1, 0.15) is 5.69 Å². The number of hydrogen-bond acceptors (Lipinski definition) is 9. The van der Waals surface area contributed by atoms with Crippen molar-refractivity contribution in [3.05, 3.63) is 68.3 Å². The van der Waals surface area contributed by atoms with Crippen molar-refractivity contribution in [3.63, 3.8) is 0 Å². The third kappa shape index (κ3) is 5.61. The Morgan fingerprint density at radius 1 is 1.03 bits per heavy atom. The molecule has 0 unspecified atom stereocenters. The molecule has 0 atom stereocenters. The fourth-order valence-corrected chi connectivity index (χ4v) is 3.03. The number of hydrazine groups is 1. The molecular weight excluding hydrogens is 428 g/mol. The number of ether oxygens (including phenoxy) is 1. The lowest BCUT2D eigenvalue weighted by Crippen LogP contribution is -2.42. The molecule has 1 heterocycles. The zero-order valence-electron chi connectivity index (χ0n) is 16.1. The summed E-state index contributed by atoms with van der Waals surface area (Å²) in [5.41, 5.74) is 5.99. The van der Waals surface area contributed by atoms with Gasteiger partial charge < -0.3 is 9.64 Å². The minimum absolute atomic E-state index is 0.0662. The molecule has 0 saturated carbocycles. The van der Waals surface area contributed by atoms with Gasteiger partial charge in [0.2, 0.25) is 0 Å². The molecule has 1 amide bonds. The first-order valence-electron chi connectivity index (χ1n) is 9.08. The van der Waals surface area contributed by atoms with Gasteiger partial charge in [-0.15, -0.1) is 0 Å². The van der Waals surface area contributed by atoms with Gasteiger partial charge in [0.15, 0.2) is 5.11 Å². The highest BCUT2D eigenvalue weighted by atomic mass is 32.1. The van der Waals surface area contributed by atoms with Crippen molar-refractivity contribution >= 4 is 46.0 Å². The molecule has 1 saturated heterocycles. The number of nitro groups is 2. The molecule has 1 aliphatic heterocycles. The number of amides is 1. The number of carbonyl (C=O) groups excluding carboxylic acids is 1. The average Bonchev–Trinajstić information content (AvgIpc) is 2.78. The molecule has 3 rings (SSSR count). The Hall–Kier alpha value is -3.84. The van der Waals surface area contributed by atoms with Crippen molar-refractivity contribution in [3.8, 4) is 0 Å². The second-order valence-electron chi connectivity index (χ2n) is 6.40. The third-order valence-electron chi connectivity index (χ3n) is 4.41. The van der Waals surface area contributed by atoms with E-state index < -0.39 is 15.8 Å². The van der Waals surface area contributed by atoms with Gasteiger partial charge in [-0.25, -0.2) is 0 Å². The molecule has 31 heavy (non-hydrogen) atoms. The van der Waals surface area contributed by atoms with Gasteiger partial charge in [0, 0.05) is 36.9 Å². The highest BCUT2D eigenvalue weighted by molar-refractivity contribution is 7.80. The predicted octanol–water partition coefficient (Wildman–Crippen LogP) is 1.97. The van der Waals surface area contributed by atoms with E-state index in [4.69, 9.17) is 17.0 Å². The van der Waals surface area contributed by atoms with Crippen LogP contribution in [0.25, 0.3) is 0 Å². The van der Waals surface area contributed by atoms with Gasteiger partial charge in [0.05, 0.1) is 28.7 Å². The van der Waals surface area contributed by atoms with E-state index >= 15 is 0 Å². The standard InChI is InChI=1S/C18H18N6O6S/c25-17(19-18(31)21-20-13-2-4-14(5-3-13)23(26)27)12-1-6-15(16(11-12)24(28)29)22-7-9-30-10-8-22/h1-6,11,20H,7-10H2,(H2,19,21,25,31). The lowest BCUT2D eigenvalue weighted by Gasteiger charge is -2.28. The Kier molecular flexibility index (Phi) is 6.89. The number of morpholine rings is 1. The molecule has 1 fully saturated rings. The number of non-ortho nitro benzene ring substituents is 1. The van der Waals surface area contributed by atoms with Gasteiger partial charge in [0.25, 0.3) is 17.3 Å². The molecule has 0 radical (unpaired) electrons. The number of carbonyl (C=O) groups is 1. The SMILES string of the molecule is O=C(NC(=S)NNc1ccc([N+](=O)[O-])cc1)c1ccc(N2CCOCC2)c([N+](=O)[O-])c1. The Bertz CT molecular complexity index is 1010. The Labute approximate surface area is 181 Å². The van der Waals surface area contributed by atoms with Crippen LogP contribution in [-0.2, 0) is 4.74 Å². The number of rotatable bonds is 6. The van der Waals surface area contributed by atoms with Crippen molar-refractivity contribution in [2.24, 2.45) is 0 Å². The fraction of sp³-hybridized carbons (Fsp3) is 0.222. The predicted molar refractivity (Wildman–Crippen MR) is 116 cm³/mol. The van der Waals surface area contributed by atoms with E-state index in [2.05, 4.69) is 16.2 Å². The summed E-state index contributed by atoms with van der Waals surface area (Å²) in [6.07, 6.45) is 0. The largest absolute Gasteiger partial charge is 0.378 e. The van der Waals surface area contributed by atoms with E-state index in [-0.39, 0.29) is 22.1 Å². The maximum atomic E-state index is 12.5. The zero-order chi connectivity index (χ0) is 22.4. The quantitative estimate of drug-likeness (QED) is 0.341. The van der Waals surface area contributed by atoms with Gasteiger partial charge in [-0.05, 0) is 36.5 Å².